The molecule has 0 aliphatic heterocycles. The number of methoxy groups -OCH3 is 1. The predicted molar refractivity (Wildman–Crippen MR) is 111 cm³/mol. The first kappa shape index (κ1) is 19.6. The van der Waals surface area contributed by atoms with Crippen LogP contribution in [0.3, 0.4) is 0 Å². The van der Waals surface area contributed by atoms with E-state index in [0.29, 0.717) is 17.7 Å². The van der Waals surface area contributed by atoms with Gasteiger partial charge in [-0.1, -0.05) is 0 Å². The molecule has 0 spiro atoms. The lowest BCUT2D eigenvalue weighted by atomic mass is 10.1. The average molecular weight is 413 g/mol. The number of halogens is 1. The first-order valence-corrected chi connectivity index (χ1v) is 9.92. The highest BCUT2D eigenvalue weighted by molar-refractivity contribution is 7.21. The summed E-state index contributed by atoms with van der Waals surface area (Å²) in [5.74, 6) is -0.335. The standard InChI is InChI=1S/C21H20FN3O3S/c1-11-6-14(20-15(7-11)24-13(9-23-20)10-27-3)21-25-19-12(2)18(22)16(28-5-4-26)8-17(19)29-21/h6-9,26H,4-5,10H2,1-3H3. The van der Waals surface area contributed by atoms with E-state index >= 15 is 0 Å². The van der Waals surface area contributed by atoms with Crippen molar-refractivity contribution in [3.63, 3.8) is 0 Å². The topological polar surface area (TPSA) is 77.4 Å². The van der Waals surface area contributed by atoms with Crippen LogP contribution in [0.1, 0.15) is 16.8 Å². The summed E-state index contributed by atoms with van der Waals surface area (Å²) in [7, 11) is 1.62. The Kier molecular flexibility index (Phi) is 5.40. The van der Waals surface area contributed by atoms with Crippen LogP contribution in [0, 0.1) is 19.7 Å². The van der Waals surface area contributed by atoms with Crippen molar-refractivity contribution in [2.24, 2.45) is 0 Å². The number of nitrogens with zero attached hydrogens (tertiary/aromatic N) is 3. The Balaban J connectivity index is 1.88. The van der Waals surface area contributed by atoms with Crippen molar-refractivity contribution in [1.29, 1.82) is 0 Å². The number of fused-ring (bicyclic) bond motifs is 2. The molecule has 4 aromatic rings. The van der Waals surface area contributed by atoms with Gasteiger partial charge in [-0.05, 0) is 31.5 Å². The second-order valence-corrected chi connectivity index (χ2v) is 7.76. The number of aryl methyl sites for hydroxylation is 2. The molecule has 2 heterocycles. The third-order valence-electron chi connectivity index (χ3n) is 4.53. The van der Waals surface area contributed by atoms with E-state index in [1.54, 1.807) is 26.3 Å². The average Bonchev–Trinajstić information content (AvgIpc) is 3.13. The number of hydrogen-bond donors (Lipinski definition) is 1. The van der Waals surface area contributed by atoms with Gasteiger partial charge >= 0.3 is 0 Å². The Bertz CT molecular complexity index is 1210. The quantitative estimate of drug-likeness (QED) is 0.511. The smallest absolute Gasteiger partial charge is 0.170 e. The fourth-order valence-corrected chi connectivity index (χ4v) is 4.30. The van der Waals surface area contributed by atoms with Crippen molar-refractivity contribution in [2.75, 3.05) is 20.3 Å². The van der Waals surface area contributed by atoms with Gasteiger partial charge in [-0.2, -0.15) is 0 Å². The molecule has 150 valence electrons. The molecule has 0 atom stereocenters. The van der Waals surface area contributed by atoms with Gasteiger partial charge in [0.1, 0.15) is 11.6 Å². The van der Waals surface area contributed by atoms with Crippen LogP contribution in [0.5, 0.6) is 5.75 Å². The summed E-state index contributed by atoms with van der Waals surface area (Å²) in [6.07, 6.45) is 1.70. The third-order valence-corrected chi connectivity index (χ3v) is 5.56. The lowest BCUT2D eigenvalue weighted by molar-refractivity contribution is 0.181. The molecule has 0 amide bonds. The summed E-state index contributed by atoms with van der Waals surface area (Å²) in [5.41, 5.74) is 5.17. The van der Waals surface area contributed by atoms with Crippen molar-refractivity contribution in [2.45, 2.75) is 20.5 Å². The zero-order chi connectivity index (χ0) is 20.5. The van der Waals surface area contributed by atoms with E-state index in [-0.39, 0.29) is 19.0 Å². The zero-order valence-electron chi connectivity index (χ0n) is 16.3. The zero-order valence-corrected chi connectivity index (χ0v) is 17.1. The predicted octanol–water partition coefficient (Wildman–Crippen LogP) is 4.18. The van der Waals surface area contributed by atoms with Crippen LogP contribution in [0.2, 0.25) is 0 Å². The van der Waals surface area contributed by atoms with Gasteiger partial charge in [0.25, 0.3) is 0 Å². The van der Waals surface area contributed by atoms with E-state index in [4.69, 9.17) is 19.6 Å². The van der Waals surface area contributed by atoms with Crippen LogP contribution in [0.15, 0.2) is 24.4 Å². The number of hydrogen-bond acceptors (Lipinski definition) is 7. The second kappa shape index (κ2) is 7.98. The van der Waals surface area contributed by atoms with Crippen molar-refractivity contribution in [1.82, 2.24) is 15.0 Å². The number of thiazole rings is 1. The van der Waals surface area contributed by atoms with Crippen molar-refractivity contribution >= 4 is 32.6 Å². The molecule has 0 aliphatic rings. The van der Waals surface area contributed by atoms with Crippen LogP contribution >= 0.6 is 11.3 Å². The number of aromatic nitrogens is 3. The van der Waals surface area contributed by atoms with E-state index in [9.17, 15) is 4.39 Å². The van der Waals surface area contributed by atoms with Crippen molar-refractivity contribution in [3.05, 3.63) is 47.0 Å². The SMILES string of the molecule is COCc1cnc2c(-c3nc4c(C)c(F)c(OCCO)cc4s3)cc(C)cc2n1. The number of rotatable bonds is 6. The van der Waals surface area contributed by atoms with Gasteiger partial charge < -0.3 is 14.6 Å². The van der Waals surface area contributed by atoms with E-state index in [1.165, 1.54) is 11.3 Å². The summed E-state index contributed by atoms with van der Waals surface area (Å²) >= 11 is 1.45. The number of benzene rings is 2. The van der Waals surface area contributed by atoms with Crippen LogP contribution in [0.4, 0.5) is 4.39 Å². The molecule has 1 N–H and O–H groups in total. The van der Waals surface area contributed by atoms with Gasteiger partial charge in [0.05, 0.1) is 46.4 Å². The molecule has 6 nitrogen and oxygen atoms in total. The lowest BCUT2D eigenvalue weighted by Gasteiger charge is -2.07. The van der Waals surface area contributed by atoms with E-state index in [1.807, 2.05) is 19.1 Å². The highest BCUT2D eigenvalue weighted by atomic mass is 32.1. The number of aliphatic hydroxyl groups excluding tert-OH is 1. The van der Waals surface area contributed by atoms with E-state index in [2.05, 4.69) is 9.97 Å². The van der Waals surface area contributed by atoms with Crippen molar-refractivity contribution < 1.29 is 19.0 Å². The Morgan fingerprint density at radius 3 is 2.72 bits per heavy atom. The minimum absolute atomic E-state index is 0.0371. The van der Waals surface area contributed by atoms with Gasteiger partial charge in [0.15, 0.2) is 11.6 Å². The molecule has 0 aliphatic carbocycles. The highest BCUT2D eigenvalue weighted by Gasteiger charge is 2.18. The summed E-state index contributed by atoms with van der Waals surface area (Å²) in [4.78, 5) is 13.9. The Morgan fingerprint density at radius 1 is 1.14 bits per heavy atom. The third kappa shape index (κ3) is 3.66. The normalized spacial score (nSPS) is 11.5. The summed E-state index contributed by atoms with van der Waals surface area (Å²) in [6.45, 7) is 3.92. The fraction of sp³-hybridized carbons (Fsp3) is 0.286. The summed E-state index contributed by atoms with van der Waals surface area (Å²) in [6, 6.07) is 5.62. The molecule has 4 rings (SSSR count). The van der Waals surface area contributed by atoms with Gasteiger partial charge in [-0.25, -0.2) is 14.4 Å². The second-order valence-electron chi connectivity index (χ2n) is 6.73. The summed E-state index contributed by atoms with van der Waals surface area (Å²) < 4.78 is 25.9. The van der Waals surface area contributed by atoms with Crippen LogP contribution in [-0.4, -0.2) is 40.4 Å². The Labute approximate surface area is 171 Å². The molecule has 0 bridgehead atoms. The molecule has 29 heavy (non-hydrogen) atoms. The molecular formula is C21H20FN3O3S. The number of aliphatic hydroxyl groups is 1. The van der Waals surface area contributed by atoms with Gasteiger partial charge in [-0.15, -0.1) is 11.3 Å². The molecule has 0 fully saturated rings. The fourth-order valence-electron chi connectivity index (χ4n) is 3.23. The maximum absolute atomic E-state index is 14.6. The van der Waals surface area contributed by atoms with Crippen LogP contribution in [-0.2, 0) is 11.3 Å². The molecule has 0 saturated carbocycles. The Morgan fingerprint density at radius 2 is 1.97 bits per heavy atom. The maximum atomic E-state index is 14.6. The maximum Gasteiger partial charge on any atom is 0.170 e. The van der Waals surface area contributed by atoms with Crippen molar-refractivity contribution in [3.8, 4) is 16.3 Å². The van der Waals surface area contributed by atoms with E-state index < -0.39 is 5.82 Å². The van der Waals surface area contributed by atoms with Crippen LogP contribution in [0.25, 0.3) is 31.8 Å². The minimum Gasteiger partial charge on any atom is -0.488 e. The lowest BCUT2D eigenvalue weighted by Crippen LogP contribution is -2.04. The minimum atomic E-state index is -0.458. The summed E-state index contributed by atoms with van der Waals surface area (Å²) in [5, 5.41) is 9.70. The van der Waals surface area contributed by atoms with Gasteiger partial charge in [0.2, 0.25) is 0 Å². The molecule has 2 aromatic heterocycles. The number of ether oxygens (including phenoxy) is 2. The molecule has 0 radical (unpaired) electrons. The highest BCUT2D eigenvalue weighted by Crippen LogP contribution is 2.38. The van der Waals surface area contributed by atoms with Gasteiger partial charge in [0, 0.05) is 24.3 Å². The Hall–Kier alpha value is -2.68. The molecule has 2 aromatic carbocycles. The van der Waals surface area contributed by atoms with E-state index in [0.717, 1.165) is 37.6 Å². The van der Waals surface area contributed by atoms with Gasteiger partial charge in [-0.3, -0.25) is 4.98 Å². The monoisotopic (exact) mass is 413 g/mol. The molecule has 8 heteroatoms. The van der Waals surface area contributed by atoms with Crippen LogP contribution < -0.4 is 4.74 Å². The first-order chi connectivity index (χ1) is 14.0. The molecular weight excluding hydrogens is 393 g/mol. The largest absolute Gasteiger partial charge is 0.488 e. The molecule has 0 saturated heterocycles. The first-order valence-electron chi connectivity index (χ1n) is 9.10. The molecule has 0 unspecified atom stereocenters.